The van der Waals surface area contributed by atoms with Crippen molar-refractivity contribution in [3.63, 3.8) is 0 Å². The number of nitrogens with one attached hydrogen (secondary N) is 2. The van der Waals surface area contributed by atoms with Gasteiger partial charge in [0.2, 0.25) is 0 Å². The van der Waals surface area contributed by atoms with Crippen LogP contribution in [0.1, 0.15) is 18.4 Å². The number of nitrogens with zero attached hydrogens (tertiary/aromatic N) is 4. The van der Waals surface area contributed by atoms with Crippen LogP contribution < -0.4 is 9.44 Å². The van der Waals surface area contributed by atoms with Crippen molar-refractivity contribution in [1.29, 1.82) is 0 Å². The molecule has 0 bridgehead atoms. The molecule has 2 aromatic heterocycles. The van der Waals surface area contributed by atoms with Gasteiger partial charge in [-0.05, 0) is 51.1 Å². The second kappa shape index (κ2) is 7.79. The third kappa shape index (κ3) is 4.54. The summed E-state index contributed by atoms with van der Waals surface area (Å²) in [5.74, 6) is 0.572. The van der Waals surface area contributed by atoms with E-state index in [9.17, 15) is 16.8 Å². The Morgan fingerprint density at radius 3 is 2.24 bits per heavy atom. The lowest BCUT2D eigenvalue weighted by atomic mass is 10.3. The zero-order chi connectivity index (χ0) is 21.2. The Labute approximate surface area is 169 Å². The molecule has 0 saturated heterocycles. The predicted octanol–water partition coefficient (Wildman–Crippen LogP) is 1.91. The summed E-state index contributed by atoms with van der Waals surface area (Å²) in [6.07, 6.45) is 2.73. The van der Waals surface area contributed by atoms with Crippen LogP contribution in [0.3, 0.4) is 0 Å². The number of anilines is 2. The lowest BCUT2D eigenvalue weighted by Gasteiger charge is -2.10. The molecule has 12 heteroatoms. The minimum absolute atomic E-state index is 0.0355. The molecule has 0 aliphatic rings. The monoisotopic (exact) mass is 436 g/mol. The molecule has 3 rings (SSSR count). The highest BCUT2D eigenvalue weighted by molar-refractivity contribution is 7.93. The Kier molecular flexibility index (Phi) is 5.57. The van der Waals surface area contributed by atoms with E-state index in [2.05, 4.69) is 24.5 Å². The molecule has 0 amide bonds. The second-order valence-corrected chi connectivity index (χ2v) is 9.47. The Hall–Kier alpha value is -2.99. The molecule has 0 aliphatic heterocycles. The SMILES string of the molecule is CCn1ncc(S(=O)(=O)Nc2ccc(S(=O)(=O)Nc3ccnc(C)n3)cc2)c1C. The molecule has 2 N–H and O–H groups in total. The number of benzene rings is 1. The van der Waals surface area contributed by atoms with Crippen LogP contribution in [0.4, 0.5) is 11.5 Å². The zero-order valence-electron chi connectivity index (χ0n) is 16.0. The van der Waals surface area contributed by atoms with Crippen molar-refractivity contribution in [3.05, 3.63) is 54.2 Å². The highest BCUT2D eigenvalue weighted by Gasteiger charge is 2.21. The van der Waals surface area contributed by atoms with Crippen molar-refractivity contribution < 1.29 is 16.8 Å². The first-order valence-electron chi connectivity index (χ1n) is 8.60. The van der Waals surface area contributed by atoms with Crippen LogP contribution in [0.15, 0.2) is 52.5 Å². The lowest BCUT2D eigenvalue weighted by Crippen LogP contribution is -2.16. The van der Waals surface area contributed by atoms with E-state index in [-0.39, 0.29) is 21.3 Å². The number of aryl methyl sites for hydroxylation is 2. The summed E-state index contributed by atoms with van der Waals surface area (Å²) in [5, 5.41) is 4.03. The van der Waals surface area contributed by atoms with Crippen LogP contribution in [0.2, 0.25) is 0 Å². The standard InChI is InChI=1S/C17H20N6O4S2/c1-4-23-12(2)16(11-19-23)29(26,27)21-14-5-7-15(8-6-14)28(24,25)22-17-9-10-18-13(3)20-17/h5-11,21H,4H2,1-3H3,(H,18,20,22). The molecule has 10 nitrogen and oxygen atoms in total. The van der Waals surface area contributed by atoms with Crippen molar-refractivity contribution in [2.24, 2.45) is 0 Å². The van der Waals surface area contributed by atoms with Crippen LogP contribution >= 0.6 is 0 Å². The van der Waals surface area contributed by atoms with E-state index in [1.165, 1.54) is 42.7 Å². The van der Waals surface area contributed by atoms with Crippen molar-refractivity contribution in [2.45, 2.75) is 37.1 Å². The summed E-state index contributed by atoms with van der Waals surface area (Å²) in [6, 6.07) is 6.78. The van der Waals surface area contributed by atoms with Gasteiger partial charge in [0.15, 0.2) is 0 Å². The molecule has 0 aliphatic carbocycles. The molecule has 0 radical (unpaired) electrons. The van der Waals surface area contributed by atoms with Gasteiger partial charge in [-0.15, -0.1) is 0 Å². The Bertz CT molecular complexity index is 1240. The summed E-state index contributed by atoms with van der Waals surface area (Å²) in [4.78, 5) is 7.94. The largest absolute Gasteiger partial charge is 0.280 e. The molecule has 154 valence electrons. The van der Waals surface area contributed by atoms with Gasteiger partial charge in [-0.2, -0.15) is 5.10 Å². The molecule has 3 aromatic rings. The number of sulfonamides is 2. The molecular weight excluding hydrogens is 416 g/mol. The molecule has 1 aromatic carbocycles. The van der Waals surface area contributed by atoms with Crippen LogP contribution in [-0.2, 0) is 26.6 Å². The van der Waals surface area contributed by atoms with Crippen molar-refractivity contribution >= 4 is 31.6 Å². The van der Waals surface area contributed by atoms with Crippen LogP contribution in [0, 0.1) is 13.8 Å². The Morgan fingerprint density at radius 2 is 1.66 bits per heavy atom. The van der Waals surface area contributed by atoms with E-state index in [1.54, 1.807) is 18.5 Å². The average molecular weight is 437 g/mol. The first kappa shape index (κ1) is 20.7. The van der Waals surface area contributed by atoms with Gasteiger partial charge in [-0.25, -0.2) is 26.8 Å². The summed E-state index contributed by atoms with van der Waals surface area (Å²) in [6.45, 7) is 5.72. The van der Waals surface area contributed by atoms with E-state index < -0.39 is 20.0 Å². The number of rotatable bonds is 7. The maximum Gasteiger partial charge on any atom is 0.265 e. The molecule has 0 fully saturated rings. The summed E-state index contributed by atoms with van der Waals surface area (Å²) in [5.41, 5.74) is 0.744. The summed E-state index contributed by atoms with van der Waals surface area (Å²) < 4.78 is 56.5. The van der Waals surface area contributed by atoms with Crippen molar-refractivity contribution in [3.8, 4) is 0 Å². The fraction of sp³-hybridized carbons (Fsp3) is 0.235. The summed E-state index contributed by atoms with van der Waals surface area (Å²) >= 11 is 0. The van der Waals surface area contributed by atoms with Gasteiger partial charge in [0.25, 0.3) is 20.0 Å². The molecule has 2 heterocycles. The molecule has 0 spiro atoms. The third-order valence-electron chi connectivity index (χ3n) is 4.08. The fourth-order valence-electron chi connectivity index (χ4n) is 2.63. The molecule has 0 atom stereocenters. The number of hydrogen-bond donors (Lipinski definition) is 2. The van der Waals surface area contributed by atoms with E-state index in [0.717, 1.165) is 0 Å². The van der Waals surface area contributed by atoms with E-state index in [4.69, 9.17) is 0 Å². The zero-order valence-corrected chi connectivity index (χ0v) is 17.6. The Morgan fingerprint density at radius 1 is 0.966 bits per heavy atom. The van der Waals surface area contributed by atoms with E-state index in [1.807, 2.05) is 6.92 Å². The highest BCUT2D eigenvalue weighted by atomic mass is 32.2. The van der Waals surface area contributed by atoms with Crippen LogP contribution in [-0.4, -0.2) is 36.6 Å². The molecule has 0 saturated carbocycles. The van der Waals surface area contributed by atoms with Gasteiger partial charge in [-0.3, -0.25) is 14.1 Å². The maximum atomic E-state index is 12.6. The first-order valence-corrected chi connectivity index (χ1v) is 11.6. The van der Waals surface area contributed by atoms with E-state index in [0.29, 0.717) is 18.1 Å². The quantitative estimate of drug-likeness (QED) is 0.577. The Balaban J connectivity index is 1.80. The normalized spacial score (nSPS) is 12.0. The van der Waals surface area contributed by atoms with Gasteiger partial charge in [0.05, 0.1) is 16.8 Å². The van der Waals surface area contributed by atoms with Gasteiger partial charge < -0.3 is 0 Å². The van der Waals surface area contributed by atoms with E-state index >= 15 is 0 Å². The van der Waals surface area contributed by atoms with Crippen LogP contribution in [0.25, 0.3) is 0 Å². The first-order chi connectivity index (χ1) is 13.6. The average Bonchev–Trinajstić information content (AvgIpc) is 3.03. The minimum atomic E-state index is -3.88. The fourth-order valence-corrected chi connectivity index (χ4v) is 4.87. The number of hydrogen-bond acceptors (Lipinski definition) is 7. The van der Waals surface area contributed by atoms with Crippen LogP contribution in [0.5, 0.6) is 0 Å². The topological polar surface area (TPSA) is 136 Å². The third-order valence-corrected chi connectivity index (χ3v) is 6.93. The van der Waals surface area contributed by atoms with Crippen molar-refractivity contribution in [1.82, 2.24) is 19.7 Å². The minimum Gasteiger partial charge on any atom is -0.280 e. The molecular formula is C17H20N6O4S2. The predicted molar refractivity (Wildman–Crippen MR) is 107 cm³/mol. The molecule has 0 unspecified atom stereocenters. The van der Waals surface area contributed by atoms with Gasteiger partial charge >= 0.3 is 0 Å². The number of aromatic nitrogens is 4. The van der Waals surface area contributed by atoms with Gasteiger partial charge in [0, 0.05) is 18.4 Å². The van der Waals surface area contributed by atoms with Crippen molar-refractivity contribution in [2.75, 3.05) is 9.44 Å². The van der Waals surface area contributed by atoms with Gasteiger partial charge in [-0.1, -0.05) is 0 Å². The maximum absolute atomic E-state index is 12.6. The highest BCUT2D eigenvalue weighted by Crippen LogP contribution is 2.21. The molecule has 29 heavy (non-hydrogen) atoms. The lowest BCUT2D eigenvalue weighted by molar-refractivity contribution is 0.598. The second-order valence-electron chi connectivity index (χ2n) is 6.13. The smallest absolute Gasteiger partial charge is 0.265 e. The summed E-state index contributed by atoms with van der Waals surface area (Å²) in [7, 11) is -7.73. The van der Waals surface area contributed by atoms with Gasteiger partial charge in [0.1, 0.15) is 16.5 Å².